The lowest BCUT2D eigenvalue weighted by Crippen LogP contribution is -2.60. The van der Waals surface area contributed by atoms with Crippen LogP contribution in [0.15, 0.2) is 0 Å². The van der Waals surface area contributed by atoms with Gasteiger partial charge in [0.15, 0.2) is 0 Å². The van der Waals surface area contributed by atoms with E-state index in [2.05, 4.69) is 16.7 Å². The summed E-state index contributed by atoms with van der Waals surface area (Å²) < 4.78 is 5.55. The minimum Gasteiger partial charge on any atom is -0.371 e. The maximum absolute atomic E-state index is 12.3. The minimum absolute atomic E-state index is 0.193. The van der Waals surface area contributed by atoms with Crippen LogP contribution in [-0.2, 0) is 9.53 Å². The van der Waals surface area contributed by atoms with Crippen molar-refractivity contribution in [1.82, 2.24) is 9.80 Å². The van der Waals surface area contributed by atoms with E-state index in [9.17, 15) is 4.79 Å². The lowest BCUT2D eigenvalue weighted by molar-refractivity contribution is -0.143. The van der Waals surface area contributed by atoms with Crippen LogP contribution in [0, 0.1) is 5.92 Å². The van der Waals surface area contributed by atoms with Gasteiger partial charge < -0.3 is 9.64 Å². The molecule has 3 fully saturated rings. The third-order valence-electron chi connectivity index (χ3n) is 4.78. The van der Waals surface area contributed by atoms with E-state index in [-0.39, 0.29) is 12.5 Å². The van der Waals surface area contributed by atoms with Gasteiger partial charge in [0.2, 0.25) is 5.91 Å². The molecular weight excluding hydrogens is 240 g/mol. The Morgan fingerprint density at radius 2 is 2.05 bits per heavy atom. The molecular formula is C15H26N2O2. The normalized spacial score (nSPS) is 32.2. The summed E-state index contributed by atoms with van der Waals surface area (Å²) in [6, 6.07) is 0.934. The third kappa shape index (κ3) is 3.29. The fourth-order valence-corrected chi connectivity index (χ4v) is 3.38. The maximum Gasteiger partial charge on any atom is 0.248 e. The number of carbonyl (C=O) groups is 1. The fraction of sp³-hybridized carbons (Fsp3) is 0.933. The lowest BCUT2D eigenvalue weighted by Gasteiger charge is -2.47. The Kier molecular flexibility index (Phi) is 4.08. The molecule has 4 nitrogen and oxygen atoms in total. The molecule has 0 spiro atoms. The zero-order valence-electron chi connectivity index (χ0n) is 12.0. The molecule has 0 bridgehead atoms. The molecule has 2 aliphatic heterocycles. The van der Waals surface area contributed by atoms with Gasteiger partial charge >= 0.3 is 0 Å². The number of carbonyl (C=O) groups excluding carboxylic acids is 1. The van der Waals surface area contributed by atoms with E-state index in [0.717, 1.165) is 25.6 Å². The highest BCUT2D eigenvalue weighted by Gasteiger charge is 2.35. The molecule has 2 saturated heterocycles. The van der Waals surface area contributed by atoms with Crippen molar-refractivity contribution in [2.24, 2.45) is 5.92 Å². The Balaban J connectivity index is 1.49. The molecule has 1 saturated carbocycles. The van der Waals surface area contributed by atoms with Gasteiger partial charge in [-0.3, -0.25) is 9.69 Å². The summed E-state index contributed by atoms with van der Waals surface area (Å²) in [5.74, 6) is 0.929. The molecule has 2 atom stereocenters. The molecule has 108 valence electrons. The van der Waals surface area contributed by atoms with Crippen molar-refractivity contribution in [2.75, 3.05) is 32.8 Å². The molecule has 1 aliphatic carbocycles. The number of ether oxygens (including phenoxy) is 1. The van der Waals surface area contributed by atoms with Crippen LogP contribution in [0.2, 0.25) is 0 Å². The second kappa shape index (κ2) is 5.80. The molecule has 0 unspecified atom stereocenters. The van der Waals surface area contributed by atoms with Crippen molar-refractivity contribution in [3.63, 3.8) is 0 Å². The number of piperidine rings is 1. The van der Waals surface area contributed by atoms with Gasteiger partial charge in [0, 0.05) is 25.2 Å². The second-order valence-electron chi connectivity index (χ2n) is 6.50. The predicted molar refractivity (Wildman–Crippen MR) is 73.9 cm³/mol. The van der Waals surface area contributed by atoms with E-state index in [1.165, 1.54) is 38.6 Å². The quantitative estimate of drug-likeness (QED) is 0.773. The van der Waals surface area contributed by atoms with Crippen molar-refractivity contribution < 1.29 is 9.53 Å². The number of nitrogens with zero attached hydrogens (tertiary/aromatic N) is 2. The van der Waals surface area contributed by atoms with Gasteiger partial charge in [-0.15, -0.1) is 0 Å². The fourth-order valence-electron chi connectivity index (χ4n) is 3.38. The van der Waals surface area contributed by atoms with Gasteiger partial charge in [-0.1, -0.05) is 6.42 Å². The largest absolute Gasteiger partial charge is 0.371 e. The molecule has 0 aromatic rings. The highest BCUT2D eigenvalue weighted by Crippen LogP contribution is 2.29. The summed E-state index contributed by atoms with van der Waals surface area (Å²) >= 11 is 0. The Hall–Kier alpha value is -0.610. The average molecular weight is 266 g/mol. The molecule has 0 N–H and O–H groups in total. The molecule has 19 heavy (non-hydrogen) atoms. The SMILES string of the molecule is C[C@@H]1CN2CCCC[C@@H]2CN1C(=O)COCC1CC1. The van der Waals surface area contributed by atoms with Gasteiger partial charge in [0.25, 0.3) is 0 Å². The molecule has 0 aromatic carbocycles. The number of amides is 1. The Morgan fingerprint density at radius 3 is 2.84 bits per heavy atom. The van der Waals surface area contributed by atoms with Crippen molar-refractivity contribution in [2.45, 2.75) is 51.1 Å². The standard InChI is InChI=1S/C15H26N2O2/c1-12-8-16-7-3-2-4-14(16)9-17(12)15(18)11-19-10-13-5-6-13/h12-14H,2-11H2,1H3/t12-,14-/m1/s1. The molecule has 0 radical (unpaired) electrons. The van der Waals surface area contributed by atoms with Crippen LogP contribution in [0.4, 0.5) is 0 Å². The lowest BCUT2D eigenvalue weighted by atomic mass is 9.97. The smallest absolute Gasteiger partial charge is 0.248 e. The van der Waals surface area contributed by atoms with E-state index >= 15 is 0 Å². The van der Waals surface area contributed by atoms with Gasteiger partial charge in [-0.05, 0) is 45.1 Å². The molecule has 3 rings (SSSR count). The van der Waals surface area contributed by atoms with Crippen LogP contribution >= 0.6 is 0 Å². The number of rotatable bonds is 4. The summed E-state index contributed by atoms with van der Waals surface area (Å²) in [5.41, 5.74) is 0. The number of hydrogen-bond donors (Lipinski definition) is 0. The summed E-state index contributed by atoms with van der Waals surface area (Å²) in [6.45, 7) is 6.40. The van der Waals surface area contributed by atoms with Gasteiger partial charge in [-0.25, -0.2) is 0 Å². The first kappa shape index (κ1) is 13.4. The summed E-state index contributed by atoms with van der Waals surface area (Å²) in [6.07, 6.45) is 6.45. The van der Waals surface area contributed by atoms with Gasteiger partial charge in [-0.2, -0.15) is 0 Å². The topological polar surface area (TPSA) is 32.8 Å². The molecule has 2 heterocycles. The summed E-state index contributed by atoms with van der Waals surface area (Å²) in [4.78, 5) is 16.9. The van der Waals surface area contributed by atoms with E-state index in [1.807, 2.05) is 0 Å². The third-order valence-corrected chi connectivity index (χ3v) is 4.78. The molecule has 1 amide bonds. The maximum atomic E-state index is 12.3. The highest BCUT2D eigenvalue weighted by atomic mass is 16.5. The second-order valence-corrected chi connectivity index (χ2v) is 6.50. The van der Waals surface area contributed by atoms with Crippen molar-refractivity contribution >= 4 is 5.91 Å². The number of piperazine rings is 1. The van der Waals surface area contributed by atoms with Crippen LogP contribution in [-0.4, -0.2) is 60.6 Å². The van der Waals surface area contributed by atoms with Gasteiger partial charge in [0.05, 0.1) is 6.61 Å². The number of fused-ring (bicyclic) bond motifs is 1. The average Bonchev–Trinajstić information content (AvgIpc) is 3.22. The van der Waals surface area contributed by atoms with Crippen LogP contribution in [0.5, 0.6) is 0 Å². The van der Waals surface area contributed by atoms with Crippen LogP contribution < -0.4 is 0 Å². The van der Waals surface area contributed by atoms with Crippen molar-refractivity contribution in [3.05, 3.63) is 0 Å². The summed E-state index contributed by atoms with van der Waals surface area (Å²) in [5, 5.41) is 0. The van der Waals surface area contributed by atoms with E-state index in [4.69, 9.17) is 4.74 Å². The zero-order valence-corrected chi connectivity index (χ0v) is 12.0. The Labute approximate surface area is 116 Å². The number of hydrogen-bond acceptors (Lipinski definition) is 3. The van der Waals surface area contributed by atoms with E-state index in [0.29, 0.717) is 12.1 Å². The van der Waals surface area contributed by atoms with Crippen molar-refractivity contribution in [3.8, 4) is 0 Å². The van der Waals surface area contributed by atoms with Crippen LogP contribution in [0.25, 0.3) is 0 Å². The highest BCUT2D eigenvalue weighted by molar-refractivity contribution is 5.78. The van der Waals surface area contributed by atoms with Crippen LogP contribution in [0.3, 0.4) is 0 Å². The predicted octanol–water partition coefficient (Wildman–Crippen LogP) is 1.50. The monoisotopic (exact) mass is 266 g/mol. The molecule has 3 aliphatic rings. The van der Waals surface area contributed by atoms with E-state index < -0.39 is 0 Å². The van der Waals surface area contributed by atoms with Gasteiger partial charge in [0.1, 0.15) is 6.61 Å². The molecule has 4 heteroatoms. The van der Waals surface area contributed by atoms with Crippen LogP contribution in [0.1, 0.15) is 39.0 Å². The van der Waals surface area contributed by atoms with E-state index in [1.54, 1.807) is 0 Å². The Morgan fingerprint density at radius 1 is 1.21 bits per heavy atom. The first-order chi connectivity index (χ1) is 9.24. The Bertz CT molecular complexity index is 330. The summed E-state index contributed by atoms with van der Waals surface area (Å²) in [7, 11) is 0. The van der Waals surface area contributed by atoms with Crippen molar-refractivity contribution in [1.29, 1.82) is 0 Å². The first-order valence-electron chi connectivity index (χ1n) is 7.85. The molecule has 0 aromatic heterocycles. The zero-order chi connectivity index (χ0) is 13.2. The minimum atomic E-state index is 0.193. The first-order valence-corrected chi connectivity index (χ1v) is 7.85.